The normalized spacial score (nSPS) is 12.2. The molecule has 7 aromatic carbocycles. The summed E-state index contributed by atoms with van der Waals surface area (Å²) in [6, 6.07) is 56.4. The molecule has 0 saturated carbocycles. The highest BCUT2D eigenvalue weighted by molar-refractivity contribution is 6.14. The van der Waals surface area contributed by atoms with E-state index in [1.54, 1.807) is 0 Å². The molecule has 0 spiro atoms. The summed E-state index contributed by atoms with van der Waals surface area (Å²) < 4.78 is 11.4. The van der Waals surface area contributed by atoms with Crippen LogP contribution in [0.5, 0.6) is 11.5 Å². The molecule has 0 atom stereocenters. The molecule has 0 unspecified atom stereocenters. The zero-order chi connectivity index (χ0) is 29.5. The van der Waals surface area contributed by atoms with Crippen LogP contribution in [0.25, 0.3) is 77.2 Å². The molecular weight excluding hydrogens is 548 g/mol. The van der Waals surface area contributed by atoms with Crippen LogP contribution in [0.3, 0.4) is 0 Å². The molecule has 2 aromatic heterocycles. The summed E-state index contributed by atoms with van der Waals surface area (Å²) in [6.07, 6.45) is 0. The van der Waals surface area contributed by atoms with Gasteiger partial charge in [-0.1, -0.05) is 103 Å². The first kappa shape index (κ1) is 24.4. The van der Waals surface area contributed by atoms with Gasteiger partial charge in [-0.25, -0.2) is 0 Å². The van der Waals surface area contributed by atoms with Gasteiger partial charge in [-0.05, 0) is 71.3 Å². The Morgan fingerprint density at radius 3 is 1.73 bits per heavy atom. The van der Waals surface area contributed by atoms with E-state index in [9.17, 15) is 0 Å². The summed E-state index contributed by atoms with van der Waals surface area (Å²) in [5, 5.41) is 4.98. The maximum Gasteiger partial charge on any atom is 0.160 e. The number of hydrogen-bond acceptors (Lipinski definition) is 1. The van der Waals surface area contributed by atoms with E-state index in [0.29, 0.717) is 0 Å². The van der Waals surface area contributed by atoms with E-state index in [0.717, 1.165) is 39.5 Å². The minimum absolute atomic E-state index is 0.872. The number of hydrogen-bond donors (Lipinski definition) is 0. The second-order valence-corrected chi connectivity index (χ2v) is 11.8. The third kappa shape index (κ3) is 3.46. The van der Waals surface area contributed by atoms with Crippen LogP contribution in [0, 0.1) is 0 Å². The summed E-state index contributed by atoms with van der Waals surface area (Å²) >= 11 is 0. The van der Waals surface area contributed by atoms with Crippen LogP contribution in [0.4, 0.5) is 0 Å². The Morgan fingerprint density at radius 2 is 1.00 bits per heavy atom. The molecule has 9 aromatic rings. The van der Waals surface area contributed by atoms with Crippen molar-refractivity contribution in [3.05, 3.63) is 158 Å². The van der Waals surface area contributed by atoms with E-state index in [2.05, 4.69) is 161 Å². The van der Waals surface area contributed by atoms with Crippen molar-refractivity contribution in [2.24, 2.45) is 0 Å². The van der Waals surface area contributed by atoms with E-state index in [-0.39, 0.29) is 0 Å². The Balaban J connectivity index is 1.10. The van der Waals surface area contributed by atoms with Crippen LogP contribution in [0.2, 0.25) is 0 Å². The van der Waals surface area contributed by atoms with Gasteiger partial charge in [-0.15, -0.1) is 0 Å². The van der Waals surface area contributed by atoms with Crippen LogP contribution < -0.4 is 4.74 Å². The number of rotatable bonds is 3. The molecule has 0 N–H and O–H groups in total. The smallest absolute Gasteiger partial charge is 0.160 e. The Labute approximate surface area is 259 Å². The molecule has 3 heterocycles. The minimum Gasteiger partial charge on any atom is -0.452 e. The third-order valence-electron chi connectivity index (χ3n) is 9.32. The first-order valence-electron chi connectivity index (χ1n) is 15.4. The van der Waals surface area contributed by atoms with Crippen molar-refractivity contribution in [3.8, 4) is 45.1 Å². The lowest BCUT2D eigenvalue weighted by molar-refractivity contribution is 0.478. The molecule has 1 aliphatic rings. The van der Waals surface area contributed by atoms with Gasteiger partial charge in [-0.3, -0.25) is 0 Å². The Kier molecular flexibility index (Phi) is 5.00. The molecule has 0 bridgehead atoms. The summed E-state index contributed by atoms with van der Waals surface area (Å²) in [5.41, 5.74) is 11.5. The summed E-state index contributed by atoms with van der Waals surface area (Å²) in [6.45, 7) is 0. The van der Waals surface area contributed by atoms with Crippen LogP contribution in [0.15, 0.2) is 158 Å². The number of nitrogens with zero attached hydrogens (tertiary/aromatic N) is 2. The topological polar surface area (TPSA) is 19.1 Å². The predicted molar refractivity (Wildman–Crippen MR) is 186 cm³/mol. The van der Waals surface area contributed by atoms with Gasteiger partial charge >= 0.3 is 0 Å². The lowest BCUT2D eigenvalue weighted by Crippen LogP contribution is -2.04. The van der Waals surface area contributed by atoms with Gasteiger partial charge in [0.15, 0.2) is 11.5 Å². The summed E-state index contributed by atoms with van der Waals surface area (Å²) in [4.78, 5) is 0. The number of benzene rings is 7. The fourth-order valence-electron chi connectivity index (χ4n) is 7.32. The van der Waals surface area contributed by atoms with Crippen molar-refractivity contribution < 1.29 is 4.74 Å². The van der Waals surface area contributed by atoms with Gasteiger partial charge < -0.3 is 13.9 Å². The van der Waals surface area contributed by atoms with Crippen LogP contribution in [0.1, 0.15) is 0 Å². The minimum atomic E-state index is 0.872. The monoisotopic (exact) mass is 574 g/mol. The zero-order valence-corrected chi connectivity index (χ0v) is 24.3. The van der Waals surface area contributed by atoms with Gasteiger partial charge in [0.2, 0.25) is 0 Å². The van der Waals surface area contributed by atoms with Crippen LogP contribution in [-0.2, 0) is 0 Å². The lowest BCUT2D eigenvalue weighted by atomic mass is 9.97. The molecule has 210 valence electrons. The Hall–Kier alpha value is -6.06. The fourth-order valence-corrected chi connectivity index (χ4v) is 7.32. The van der Waals surface area contributed by atoms with E-state index >= 15 is 0 Å². The number of ether oxygens (including phenoxy) is 1. The van der Waals surface area contributed by atoms with E-state index in [4.69, 9.17) is 4.74 Å². The molecule has 3 nitrogen and oxygen atoms in total. The number of aromatic nitrogens is 2. The maximum absolute atomic E-state index is 6.71. The van der Waals surface area contributed by atoms with E-state index in [1.165, 1.54) is 49.2 Å². The number of fused-ring (bicyclic) bond motifs is 8. The summed E-state index contributed by atoms with van der Waals surface area (Å²) in [5.74, 6) is 1.78. The van der Waals surface area contributed by atoms with Crippen LogP contribution in [-0.4, -0.2) is 9.13 Å². The van der Waals surface area contributed by atoms with Gasteiger partial charge in [0.1, 0.15) is 0 Å². The molecule has 3 heteroatoms. The Bertz CT molecular complexity index is 2570. The SMILES string of the molecule is c1cc(-c2ccc(-n3c4ccccc4c4ccccc43)cc2)cc(-c2ccc3c4ccccc4n4c3c2Oc2ccccc2-4)c1. The fraction of sp³-hybridized carbons (Fsp3) is 0. The largest absolute Gasteiger partial charge is 0.452 e. The van der Waals surface area contributed by atoms with Gasteiger partial charge in [-0.2, -0.15) is 0 Å². The lowest BCUT2D eigenvalue weighted by Gasteiger charge is -2.23. The second kappa shape index (κ2) is 9.22. The summed E-state index contributed by atoms with van der Waals surface area (Å²) in [7, 11) is 0. The highest BCUT2D eigenvalue weighted by atomic mass is 16.5. The highest BCUT2D eigenvalue weighted by Crippen LogP contribution is 2.49. The van der Waals surface area contributed by atoms with Crippen molar-refractivity contribution in [1.82, 2.24) is 9.13 Å². The molecule has 45 heavy (non-hydrogen) atoms. The van der Waals surface area contributed by atoms with Gasteiger partial charge in [0, 0.05) is 32.8 Å². The molecular formula is C42H26N2O. The van der Waals surface area contributed by atoms with Gasteiger partial charge in [0.05, 0.1) is 27.8 Å². The van der Waals surface area contributed by atoms with Crippen molar-refractivity contribution in [2.45, 2.75) is 0 Å². The third-order valence-corrected chi connectivity index (χ3v) is 9.32. The molecule has 0 radical (unpaired) electrons. The van der Waals surface area contributed by atoms with Crippen LogP contribution >= 0.6 is 0 Å². The van der Waals surface area contributed by atoms with Crippen molar-refractivity contribution >= 4 is 43.6 Å². The van der Waals surface area contributed by atoms with Crippen molar-refractivity contribution in [2.75, 3.05) is 0 Å². The first-order valence-corrected chi connectivity index (χ1v) is 15.4. The van der Waals surface area contributed by atoms with E-state index in [1.807, 2.05) is 6.07 Å². The predicted octanol–water partition coefficient (Wildman–Crippen LogP) is 11.3. The van der Waals surface area contributed by atoms with Gasteiger partial charge in [0.25, 0.3) is 0 Å². The standard InChI is InChI=1S/C42H26N2O/c1-4-15-36-32(12-1)33-13-2-5-16-37(33)43(36)30-22-20-27(21-23-30)28-10-9-11-29(26-28)31-24-25-35-34-14-3-6-17-38(34)44-39-18-7-8-19-40(39)45-42(31)41(35)44/h1-26H. The maximum atomic E-state index is 6.71. The molecule has 0 saturated heterocycles. The molecule has 0 amide bonds. The first-order chi connectivity index (χ1) is 22.3. The molecule has 10 rings (SSSR count). The average molecular weight is 575 g/mol. The van der Waals surface area contributed by atoms with Crippen molar-refractivity contribution in [1.29, 1.82) is 0 Å². The zero-order valence-electron chi connectivity index (χ0n) is 24.3. The molecule has 1 aliphatic heterocycles. The van der Waals surface area contributed by atoms with E-state index < -0.39 is 0 Å². The highest BCUT2D eigenvalue weighted by Gasteiger charge is 2.26. The molecule has 0 aliphatic carbocycles. The molecule has 0 fully saturated rings. The Morgan fingerprint density at radius 1 is 0.400 bits per heavy atom. The van der Waals surface area contributed by atoms with Crippen molar-refractivity contribution in [3.63, 3.8) is 0 Å². The number of para-hydroxylation sites is 5. The quantitative estimate of drug-likeness (QED) is 0.205. The second-order valence-electron chi connectivity index (χ2n) is 11.8. The average Bonchev–Trinajstić information content (AvgIpc) is 3.63.